The van der Waals surface area contributed by atoms with Crippen LogP contribution in [-0.2, 0) is 9.59 Å². The highest BCUT2D eigenvalue weighted by atomic mass is 16.2. The predicted molar refractivity (Wildman–Crippen MR) is 88.1 cm³/mol. The summed E-state index contributed by atoms with van der Waals surface area (Å²) in [5, 5.41) is 5.82. The Kier molecular flexibility index (Phi) is 13.2. The molecule has 0 bridgehead atoms. The maximum Gasteiger partial charge on any atom is 0.220 e. The molecule has 1 atom stereocenters. The summed E-state index contributed by atoms with van der Waals surface area (Å²) >= 11 is 0. The molecule has 124 valence electrons. The van der Waals surface area contributed by atoms with Gasteiger partial charge >= 0.3 is 0 Å². The molecule has 4 heteroatoms. The number of hydrogen-bond donors (Lipinski definition) is 2. The molecule has 0 aromatic heterocycles. The van der Waals surface area contributed by atoms with Crippen LogP contribution in [0.4, 0.5) is 0 Å². The minimum atomic E-state index is 0.00302. The predicted octanol–water partition coefficient (Wildman–Crippen LogP) is 3.55. The van der Waals surface area contributed by atoms with Crippen molar-refractivity contribution < 1.29 is 9.59 Å². The van der Waals surface area contributed by atoms with Crippen molar-refractivity contribution in [3.63, 3.8) is 0 Å². The van der Waals surface area contributed by atoms with Crippen molar-refractivity contribution in [1.29, 1.82) is 0 Å². The molecule has 0 aromatic rings. The topological polar surface area (TPSA) is 58.2 Å². The Labute approximate surface area is 130 Å². The zero-order valence-corrected chi connectivity index (χ0v) is 14.2. The molecule has 4 nitrogen and oxygen atoms in total. The Hall–Kier alpha value is -1.06. The van der Waals surface area contributed by atoms with Gasteiger partial charge < -0.3 is 10.6 Å². The van der Waals surface area contributed by atoms with E-state index in [1.807, 2.05) is 6.92 Å². The number of nitrogens with one attached hydrogen (secondary N) is 2. The maximum atomic E-state index is 11.7. The van der Waals surface area contributed by atoms with Gasteiger partial charge in [-0.1, -0.05) is 52.4 Å². The van der Waals surface area contributed by atoms with Gasteiger partial charge in [0.25, 0.3) is 0 Å². The van der Waals surface area contributed by atoms with Crippen LogP contribution < -0.4 is 10.6 Å². The van der Waals surface area contributed by atoms with Crippen LogP contribution in [0, 0.1) is 0 Å². The van der Waals surface area contributed by atoms with Crippen LogP contribution in [-0.4, -0.2) is 24.4 Å². The third-order valence-electron chi connectivity index (χ3n) is 3.53. The lowest BCUT2D eigenvalue weighted by Crippen LogP contribution is -2.41. The van der Waals surface area contributed by atoms with E-state index in [-0.39, 0.29) is 17.9 Å². The third-order valence-corrected chi connectivity index (χ3v) is 3.53. The van der Waals surface area contributed by atoms with Crippen molar-refractivity contribution in [3.8, 4) is 0 Å². The highest BCUT2D eigenvalue weighted by Gasteiger charge is 2.08. The highest BCUT2D eigenvalue weighted by molar-refractivity contribution is 5.77. The minimum Gasteiger partial charge on any atom is -0.354 e. The molecule has 0 saturated carbocycles. The Bertz CT molecular complexity index is 280. The number of hydrogen-bond acceptors (Lipinski definition) is 2. The van der Waals surface area contributed by atoms with E-state index in [9.17, 15) is 9.59 Å². The summed E-state index contributed by atoms with van der Waals surface area (Å²) in [7, 11) is 0. The van der Waals surface area contributed by atoms with E-state index in [0.29, 0.717) is 19.4 Å². The van der Waals surface area contributed by atoms with Crippen LogP contribution >= 0.6 is 0 Å². The van der Waals surface area contributed by atoms with Crippen molar-refractivity contribution in [3.05, 3.63) is 0 Å². The van der Waals surface area contributed by atoms with Crippen LogP contribution in [0.3, 0.4) is 0 Å². The fourth-order valence-electron chi connectivity index (χ4n) is 2.18. The molecule has 21 heavy (non-hydrogen) atoms. The zero-order valence-electron chi connectivity index (χ0n) is 14.2. The number of carbonyl (C=O) groups is 2. The molecule has 0 aromatic carbocycles. The average Bonchev–Trinajstić information content (AvgIpc) is 2.46. The number of rotatable bonds is 13. The summed E-state index contributed by atoms with van der Waals surface area (Å²) < 4.78 is 0. The molecular weight excluding hydrogens is 264 g/mol. The van der Waals surface area contributed by atoms with E-state index >= 15 is 0 Å². The first-order valence-electron chi connectivity index (χ1n) is 8.66. The molecule has 2 amide bonds. The van der Waals surface area contributed by atoms with Crippen molar-refractivity contribution in [1.82, 2.24) is 10.6 Å². The number of unbranched alkanes of at least 4 members (excludes halogenated alkanes) is 6. The molecule has 0 aliphatic rings. The quantitative estimate of drug-likeness (QED) is 0.511. The Morgan fingerprint density at radius 1 is 0.810 bits per heavy atom. The zero-order chi connectivity index (χ0) is 15.9. The first-order chi connectivity index (χ1) is 10.1. The monoisotopic (exact) mass is 298 g/mol. The van der Waals surface area contributed by atoms with Gasteiger partial charge in [-0.2, -0.15) is 0 Å². The van der Waals surface area contributed by atoms with Gasteiger partial charge in [-0.05, 0) is 19.8 Å². The van der Waals surface area contributed by atoms with Crippen LogP contribution in [0.1, 0.15) is 85.0 Å². The summed E-state index contributed by atoms with van der Waals surface area (Å²) in [5.74, 6) is 0.186. The summed E-state index contributed by atoms with van der Waals surface area (Å²) in [6, 6.07) is 0.00302. The smallest absolute Gasteiger partial charge is 0.220 e. The lowest BCUT2D eigenvalue weighted by Gasteiger charge is -2.15. The van der Waals surface area contributed by atoms with E-state index in [1.165, 1.54) is 25.7 Å². The molecule has 0 heterocycles. The van der Waals surface area contributed by atoms with Crippen molar-refractivity contribution >= 4 is 11.8 Å². The fraction of sp³-hybridized carbons (Fsp3) is 0.882. The van der Waals surface area contributed by atoms with Gasteiger partial charge in [0.2, 0.25) is 11.8 Å². The van der Waals surface area contributed by atoms with Gasteiger partial charge in [-0.15, -0.1) is 0 Å². The fourth-order valence-corrected chi connectivity index (χ4v) is 2.18. The molecule has 0 rings (SSSR count). The molecule has 0 radical (unpaired) electrons. The lowest BCUT2D eigenvalue weighted by atomic mass is 10.1. The summed E-state index contributed by atoms with van der Waals surface area (Å²) in [6.07, 6.45) is 10.1. The summed E-state index contributed by atoms with van der Waals surface area (Å²) in [6.45, 7) is 6.77. The maximum absolute atomic E-state index is 11.7. The lowest BCUT2D eigenvalue weighted by molar-refractivity contribution is -0.123. The Morgan fingerprint density at radius 3 is 1.86 bits per heavy atom. The van der Waals surface area contributed by atoms with Gasteiger partial charge in [-0.3, -0.25) is 9.59 Å². The second-order valence-corrected chi connectivity index (χ2v) is 5.89. The normalized spacial score (nSPS) is 12.0. The second kappa shape index (κ2) is 13.9. The Morgan fingerprint density at radius 2 is 1.33 bits per heavy atom. The highest BCUT2D eigenvalue weighted by Crippen LogP contribution is 2.03. The molecule has 0 fully saturated rings. The average molecular weight is 298 g/mol. The van der Waals surface area contributed by atoms with Gasteiger partial charge in [-0.25, -0.2) is 0 Å². The van der Waals surface area contributed by atoms with E-state index in [2.05, 4.69) is 24.5 Å². The van der Waals surface area contributed by atoms with Crippen LogP contribution in [0.5, 0.6) is 0 Å². The molecule has 0 spiro atoms. The standard InChI is InChI=1S/C17H34N2O2/c1-4-6-8-10-12-16(20)18-14-15(3)19-17(21)13-11-9-7-5-2/h15H,4-14H2,1-3H3,(H,18,20)(H,19,21). The van der Waals surface area contributed by atoms with Crippen molar-refractivity contribution in [2.45, 2.75) is 91.0 Å². The molecule has 0 aliphatic heterocycles. The number of amides is 2. The van der Waals surface area contributed by atoms with E-state index < -0.39 is 0 Å². The molecule has 1 unspecified atom stereocenters. The summed E-state index contributed by atoms with van der Waals surface area (Å²) in [4.78, 5) is 23.3. The Balaban J connectivity index is 3.57. The first-order valence-corrected chi connectivity index (χ1v) is 8.66. The van der Waals surface area contributed by atoms with E-state index in [1.54, 1.807) is 0 Å². The van der Waals surface area contributed by atoms with Gasteiger partial charge in [0.05, 0.1) is 0 Å². The molecule has 0 saturated heterocycles. The first kappa shape index (κ1) is 19.9. The van der Waals surface area contributed by atoms with Crippen LogP contribution in [0.2, 0.25) is 0 Å². The minimum absolute atomic E-state index is 0.00302. The number of carbonyl (C=O) groups excluding carboxylic acids is 2. The van der Waals surface area contributed by atoms with E-state index in [4.69, 9.17) is 0 Å². The van der Waals surface area contributed by atoms with Crippen LogP contribution in [0.15, 0.2) is 0 Å². The molecule has 2 N–H and O–H groups in total. The van der Waals surface area contributed by atoms with Gasteiger partial charge in [0.15, 0.2) is 0 Å². The van der Waals surface area contributed by atoms with Crippen LogP contribution in [0.25, 0.3) is 0 Å². The SMILES string of the molecule is CCCCCCC(=O)NCC(C)NC(=O)CCCCCC. The molecule has 0 aliphatic carbocycles. The van der Waals surface area contributed by atoms with Gasteiger partial charge in [0, 0.05) is 25.4 Å². The third kappa shape index (κ3) is 13.7. The van der Waals surface area contributed by atoms with Crippen molar-refractivity contribution in [2.24, 2.45) is 0 Å². The molecular formula is C17H34N2O2. The summed E-state index contributed by atoms with van der Waals surface area (Å²) in [5.41, 5.74) is 0. The van der Waals surface area contributed by atoms with E-state index in [0.717, 1.165) is 25.7 Å². The van der Waals surface area contributed by atoms with Gasteiger partial charge in [0.1, 0.15) is 0 Å². The largest absolute Gasteiger partial charge is 0.354 e. The second-order valence-electron chi connectivity index (χ2n) is 5.89. The van der Waals surface area contributed by atoms with Crippen molar-refractivity contribution in [2.75, 3.05) is 6.54 Å².